The highest BCUT2D eigenvalue weighted by Gasteiger charge is 2.11. The zero-order valence-electron chi connectivity index (χ0n) is 22.1. The monoisotopic (exact) mass is 626 g/mol. The average molecular weight is 627 g/mol. The molecule has 42 heavy (non-hydrogen) atoms. The number of hydrogen-bond acceptors (Lipinski definition) is 7. The number of hydrogen-bond donors (Lipinski definition) is 2. The third-order valence-electron chi connectivity index (χ3n) is 5.73. The van der Waals surface area contributed by atoms with Gasteiger partial charge in [-0.3, -0.25) is 19.7 Å². The maximum Gasteiger partial charge on any atom is 0.336 e. The maximum atomic E-state index is 12.7. The topological polar surface area (TPSA) is 140 Å². The Morgan fingerprint density at radius 2 is 1.62 bits per heavy atom. The van der Waals surface area contributed by atoms with Gasteiger partial charge in [-0.25, -0.2) is 10.2 Å². The summed E-state index contributed by atoms with van der Waals surface area (Å²) >= 11 is 3.36. The van der Waals surface area contributed by atoms with Crippen molar-refractivity contribution < 1.29 is 24.0 Å². The molecule has 4 rings (SSSR count). The minimum absolute atomic E-state index is 0.0572. The Morgan fingerprint density at radius 3 is 2.33 bits per heavy atom. The number of hydrazone groups is 1. The fraction of sp³-hybridized carbons (Fsp3) is 0.0323. The largest absolute Gasteiger partial charge is 0.423 e. The highest BCUT2D eigenvalue weighted by molar-refractivity contribution is 9.10. The molecule has 0 bridgehead atoms. The minimum Gasteiger partial charge on any atom is -0.423 e. The molecule has 0 aliphatic heterocycles. The van der Waals surface area contributed by atoms with Crippen molar-refractivity contribution in [3.63, 3.8) is 0 Å². The molecule has 11 heteroatoms. The molecule has 0 spiro atoms. The number of anilines is 1. The Kier molecular flexibility index (Phi) is 9.69. The van der Waals surface area contributed by atoms with Gasteiger partial charge in [0.15, 0.2) is 0 Å². The van der Waals surface area contributed by atoms with Crippen LogP contribution in [0.5, 0.6) is 5.75 Å². The van der Waals surface area contributed by atoms with Crippen LogP contribution in [0.3, 0.4) is 0 Å². The number of benzene rings is 4. The van der Waals surface area contributed by atoms with Crippen LogP contribution in [0.1, 0.15) is 37.4 Å². The van der Waals surface area contributed by atoms with Gasteiger partial charge in [-0.15, -0.1) is 0 Å². The molecule has 2 N–H and O–H groups in total. The second-order valence-corrected chi connectivity index (χ2v) is 9.80. The first-order valence-corrected chi connectivity index (χ1v) is 13.2. The van der Waals surface area contributed by atoms with E-state index in [1.807, 2.05) is 13.0 Å². The highest BCUT2D eigenvalue weighted by Crippen LogP contribution is 2.22. The molecule has 0 saturated heterocycles. The predicted octanol–water partition coefficient (Wildman–Crippen LogP) is 6.30. The summed E-state index contributed by atoms with van der Waals surface area (Å²) in [5.74, 6) is -1.31. The van der Waals surface area contributed by atoms with Crippen LogP contribution in [0.25, 0.3) is 6.08 Å². The number of amides is 2. The normalized spacial score (nSPS) is 10.9. The van der Waals surface area contributed by atoms with Crippen molar-refractivity contribution in [2.75, 3.05) is 5.32 Å². The number of nitro groups is 1. The van der Waals surface area contributed by atoms with Crippen molar-refractivity contribution in [2.45, 2.75) is 6.92 Å². The van der Waals surface area contributed by atoms with Crippen LogP contribution in [0.15, 0.2) is 107 Å². The molecule has 0 aromatic heterocycles. The van der Waals surface area contributed by atoms with Gasteiger partial charge in [-0.1, -0.05) is 39.7 Å². The quantitative estimate of drug-likeness (QED) is 0.0558. The number of halogens is 1. The lowest BCUT2D eigenvalue weighted by molar-refractivity contribution is -0.384. The van der Waals surface area contributed by atoms with Crippen LogP contribution in [0.2, 0.25) is 0 Å². The number of ether oxygens (including phenoxy) is 1. The Bertz CT molecular complexity index is 1720. The summed E-state index contributed by atoms with van der Waals surface area (Å²) in [5.41, 5.74) is 5.52. The van der Waals surface area contributed by atoms with E-state index < -0.39 is 16.8 Å². The van der Waals surface area contributed by atoms with Crippen molar-refractivity contribution >= 4 is 57.4 Å². The lowest BCUT2D eigenvalue weighted by atomic mass is 10.1. The molecular formula is C31H23BrN4O6. The standard InChI is InChI=1S/C31H23BrN4O6/c1-20-4-2-5-22(16-20)30(38)34-26-7-3-6-23(18-26)31(39)35-33-19-24-17-25(32)11-14-28(24)42-29(37)15-10-21-8-12-27(13-9-21)36(40)41/h2-19H,1H3,(H,34,38)(H,35,39)/b15-10+,33-19?. The Labute approximate surface area is 249 Å². The van der Waals surface area contributed by atoms with Crippen LogP contribution in [0.4, 0.5) is 11.4 Å². The first kappa shape index (κ1) is 29.6. The average Bonchev–Trinajstić information content (AvgIpc) is 2.97. The summed E-state index contributed by atoms with van der Waals surface area (Å²) in [7, 11) is 0. The van der Waals surface area contributed by atoms with E-state index in [9.17, 15) is 24.5 Å². The van der Waals surface area contributed by atoms with Gasteiger partial charge in [-0.05, 0) is 79.2 Å². The fourth-order valence-corrected chi connectivity index (χ4v) is 4.06. The Hall–Kier alpha value is -5.42. The van der Waals surface area contributed by atoms with E-state index in [0.29, 0.717) is 26.9 Å². The van der Waals surface area contributed by atoms with Crippen molar-refractivity contribution in [3.8, 4) is 5.75 Å². The number of rotatable bonds is 9. The number of non-ortho nitro benzene ring substituents is 1. The van der Waals surface area contributed by atoms with Crippen molar-refractivity contribution in [1.29, 1.82) is 0 Å². The van der Waals surface area contributed by atoms with E-state index in [-0.39, 0.29) is 22.9 Å². The lowest BCUT2D eigenvalue weighted by Gasteiger charge is -2.08. The van der Waals surface area contributed by atoms with E-state index in [2.05, 4.69) is 31.8 Å². The molecule has 4 aromatic carbocycles. The minimum atomic E-state index is -0.682. The molecular weight excluding hydrogens is 604 g/mol. The molecule has 0 heterocycles. The van der Waals surface area contributed by atoms with Crippen molar-refractivity contribution in [2.24, 2.45) is 5.10 Å². The van der Waals surface area contributed by atoms with Crippen LogP contribution in [0, 0.1) is 17.0 Å². The van der Waals surface area contributed by atoms with Crippen molar-refractivity contribution in [1.82, 2.24) is 5.43 Å². The second kappa shape index (κ2) is 13.8. The van der Waals surface area contributed by atoms with Crippen LogP contribution >= 0.6 is 15.9 Å². The zero-order valence-corrected chi connectivity index (χ0v) is 23.7. The number of carbonyl (C=O) groups is 3. The molecule has 210 valence electrons. The maximum absolute atomic E-state index is 12.7. The summed E-state index contributed by atoms with van der Waals surface area (Å²) in [6.45, 7) is 1.89. The van der Waals surface area contributed by atoms with Gasteiger partial charge in [0.2, 0.25) is 0 Å². The van der Waals surface area contributed by atoms with Crippen LogP contribution in [-0.4, -0.2) is 28.9 Å². The summed E-state index contributed by atoms with van der Waals surface area (Å²) in [6, 6.07) is 24.2. The number of nitrogens with one attached hydrogen (secondary N) is 2. The third kappa shape index (κ3) is 8.29. The highest BCUT2D eigenvalue weighted by atomic mass is 79.9. The molecule has 0 unspecified atom stereocenters. The first-order valence-electron chi connectivity index (χ1n) is 12.4. The smallest absolute Gasteiger partial charge is 0.336 e. The van der Waals surface area contributed by atoms with E-state index in [4.69, 9.17) is 4.74 Å². The van der Waals surface area contributed by atoms with Crippen LogP contribution < -0.4 is 15.5 Å². The van der Waals surface area contributed by atoms with Gasteiger partial charge in [0.25, 0.3) is 17.5 Å². The SMILES string of the molecule is Cc1cccc(C(=O)Nc2cccc(C(=O)NN=Cc3cc(Br)ccc3OC(=O)/C=C/c3ccc([N+](=O)[O-])cc3)c2)c1. The first-order chi connectivity index (χ1) is 20.2. The molecule has 0 radical (unpaired) electrons. The molecule has 10 nitrogen and oxygen atoms in total. The van der Waals surface area contributed by atoms with E-state index in [1.165, 1.54) is 48.7 Å². The molecule has 0 aliphatic carbocycles. The predicted molar refractivity (Wildman–Crippen MR) is 163 cm³/mol. The molecule has 0 saturated carbocycles. The van der Waals surface area contributed by atoms with Gasteiger partial charge in [0, 0.05) is 45.1 Å². The number of esters is 1. The van der Waals surface area contributed by atoms with Crippen molar-refractivity contribution in [3.05, 3.63) is 139 Å². The lowest BCUT2D eigenvalue weighted by Crippen LogP contribution is -2.18. The summed E-state index contributed by atoms with van der Waals surface area (Å²) in [4.78, 5) is 48.0. The van der Waals surface area contributed by atoms with Gasteiger partial charge in [0.05, 0.1) is 11.1 Å². The molecule has 0 atom stereocenters. The molecule has 0 fully saturated rings. The second-order valence-electron chi connectivity index (χ2n) is 8.89. The number of nitrogens with zero attached hydrogens (tertiary/aromatic N) is 2. The molecule has 2 amide bonds. The summed E-state index contributed by atoms with van der Waals surface area (Å²) in [6.07, 6.45) is 3.99. The van der Waals surface area contributed by atoms with E-state index >= 15 is 0 Å². The van der Waals surface area contributed by atoms with E-state index in [1.54, 1.807) is 54.6 Å². The number of aryl methyl sites for hydroxylation is 1. The van der Waals surface area contributed by atoms with Gasteiger partial charge in [-0.2, -0.15) is 5.10 Å². The summed E-state index contributed by atoms with van der Waals surface area (Å²) in [5, 5.41) is 17.6. The summed E-state index contributed by atoms with van der Waals surface area (Å²) < 4.78 is 6.11. The van der Waals surface area contributed by atoms with Gasteiger partial charge in [0.1, 0.15) is 5.75 Å². The molecule has 4 aromatic rings. The van der Waals surface area contributed by atoms with Gasteiger partial charge < -0.3 is 10.1 Å². The number of nitro benzene ring substituents is 1. The Balaban J connectivity index is 1.39. The third-order valence-corrected chi connectivity index (χ3v) is 6.22. The Morgan fingerprint density at radius 1 is 0.905 bits per heavy atom. The fourth-order valence-electron chi connectivity index (χ4n) is 3.68. The number of carbonyl (C=O) groups excluding carboxylic acids is 3. The zero-order chi connectivity index (χ0) is 30.1. The van der Waals surface area contributed by atoms with E-state index in [0.717, 1.165) is 5.56 Å². The van der Waals surface area contributed by atoms with Gasteiger partial charge >= 0.3 is 5.97 Å². The molecule has 0 aliphatic rings. The van der Waals surface area contributed by atoms with Crippen LogP contribution in [-0.2, 0) is 4.79 Å².